The SMILES string of the molecule is CCC1CN=C(N)N1c1ccccc1C. The first-order valence-electron chi connectivity index (χ1n) is 5.38. The van der Waals surface area contributed by atoms with E-state index in [0.717, 1.165) is 13.0 Å². The number of guanidine groups is 1. The summed E-state index contributed by atoms with van der Waals surface area (Å²) in [6.07, 6.45) is 1.07. The molecular formula is C12H17N3. The molecule has 1 aromatic carbocycles. The Kier molecular flexibility index (Phi) is 2.62. The minimum absolute atomic E-state index is 0.422. The van der Waals surface area contributed by atoms with Gasteiger partial charge in [0.2, 0.25) is 0 Å². The molecule has 3 heteroatoms. The number of aliphatic imine (C=N–C) groups is 1. The van der Waals surface area contributed by atoms with E-state index in [9.17, 15) is 0 Å². The summed E-state index contributed by atoms with van der Waals surface area (Å²) >= 11 is 0. The average molecular weight is 203 g/mol. The number of rotatable bonds is 2. The lowest BCUT2D eigenvalue weighted by Gasteiger charge is -2.26. The van der Waals surface area contributed by atoms with Gasteiger partial charge in [-0.05, 0) is 25.0 Å². The van der Waals surface area contributed by atoms with Crippen LogP contribution >= 0.6 is 0 Å². The molecule has 2 N–H and O–H groups in total. The fourth-order valence-corrected chi connectivity index (χ4v) is 2.01. The Morgan fingerprint density at radius 3 is 2.87 bits per heavy atom. The number of nitrogens with two attached hydrogens (primary N) is 1. The molecule has 3 nitrogen and oxygen atoms in total. The monoisotopic (exact) mass is 203 g/mol. The Labute approximate surface area is 90.6 Å². The third kappa shape index (κ3) is 1.69. The number of para-hydroxylation sites is 1. The highest BCUT2D eigenvalue weighted by Gasteiger charge is 2.26. The second-order valence-electron chi connectivity index (χ2n) is 3.92. The van der Waals surface area contributed by atoms with Crippen LogP contribution in [-0.4, -0.2) is 18.5 Å². The Hall–Kier alpha value is -1.51. The van der Waals surface area contributed by atoms with Crippen molar-refractivity contribution in [2.45, 2.75) is 26.3 Å². The van der Waals surface area contributed by atoms with Crippen molar-refractivity contribution < 1.29 is 0 Å². The molecule has 1 aromatic rings. The first-order chi connectivity index (χ1) is 7.24. The van der Waals surface area contributed by atoms with Crippen LogP contribution < -0.4 is 10.6 Å². The van der Waals surface area contributed by atoms with Gasteiger partial charge in [0.25, 0.3) is 0 Å². The van der Waals surface area contributed by atoms with Crippen molar-refractivity contribution in [3.63, 3.8) is 0 Å². The first kappa shape index (κ1) is 10.0. The molecule has 0 radical (unpaired) electrons. The zero-order valence-corrected chi connectivity index (χ0v) is 9.27. The van der Waals surface area contributed by atoms with Crippen LogP contribution in [-0.2, 0) is 0 Å². The van der Waals surface area contributed by atoms with Crippen LogP contribution in [0.5, 0.6) is 0 Å². The number of anilines is 1. The van der Waals surface area contributed by atoms with Crippen molar-refractivity contribution in [3.8, 4) is 0 Å². The lowest BCUT2D eigenvalue weighted by molar-refractivity contribution is 0.683. The smallest absolute Gasteiger partial charge is 0.196 e. The van der Waals surface area contributed by atoms with Crippen LogP contribution in [0.2, 0.25) is 0 Å². The molecule has 0 spiro atoms. The van der Waals surface area contributed by atoms with E-state index in [0.29, 0.717) is 12.0 Å². The highest BCUT2D eigenvalue weighted by Crippen LogP contribution is 2.25. The van der Waals surface area contributed by atoms with Gasteiger partial charge in [-0.1, -0.05) is 25.1 Å². The number of nitrogens with zero attached hydrogens (tertiary/aromatic N) is 2. The van der Waals surface area contributed by atoms with E-state index in [4.69, 9.17) is 5.73 Å². The van der Waals surface area contributed by atoms with Gasteiger partial charge >= 0.3 is 0 Å². The van der Waals surface area contributed by atoms with Gasteiger partial charge in [-0.3, -0.25) is 4.99 Å². The van der Waals surface area contributed by atoms with Gasteiger partial charge in [0, 0.05) is 5.69 Å². The van der Waals surface area contributed by atoms with Crippen LogP contribution in [0.4, 0.5) is 5.69 Å². The third-order valence-corrected chi connectivity index (χ3v) is 2.92. The molecule has 1 aliphatic rings. The lowest BCUT2D eigenvalue weighted by Crippen LogP contribution is -2.40. The van der Waals surface area contributed by atoms with Crippen molar-refractivity contribution in [2.24, 2.45) is 10.7 Å². The molecule has 0 saturated carbocycles. The third-order valence-electron chi connectivity index (χ3n) is 2.92. The summed E-state index contributed by atoms with van der Waals surface area (Å²) in [5.41, 5.74) is 8.35. The zero-order valence-electron chi connectivity index (χ0n) is 9.27. The Balaban J connectivity index is 2.37. The van der Waals surface area contributed by atoms with Crippen LogP contribution in [0, 0.1) is 6.92 Å². The van der Waals surface area contributed by atoms with Gasteiger partial charge in [0.15, 0.2) is 5.96 Å². The van der Waals surface area contributed by atoms with Crippen LogP contribution in [0.15, 0.2) is 29.3 Å². The van der Waals surface area contributed by atoms with Crippen molar-refractivity contribution in [1.29, 1.82) is 0 Å². The summed E-state index contributed by atoms with van der Waals surface area (Å²) in [5.74, 6) is 0.649. The molecule has 0 amide bonds. The topological polar surface area (TPSA) is 41.6 Å². The molecule has 0 fully saturated rings. The molecule has 1 aliphatic heterocycles. The highest BCUT2D eigenvalue weighted by atomic mass is 15.3. The molecule has 1 atom stereocenters. The van der Waals surface area contributed by atoms with Crippen molar-refractivity contribution in [2.75, 3.05) is 11.4 Å². The van der Waals surface area contributed by atoms with E-state index in [2.05, 4.69) is 35.9 Å². The summed E-state index contributed by atoms with van der Waals surface area (Å²) < 4.78 is 0. The van der Waals surface area contributed by atoms with E-state index >= 15 is 0 Å². The minimum Gasteiger partial charge on any atom is -0.370 e. The molecule has 0 aromatic heterocycles. The second-order valence-corrected chi connectivity index (χ2v) is 3.92. The predicted molar refractivity (Wildman–Crippen MR) is 64.2 cm³/mol. The molecule has 2 rings (SSSR count). The van der Waals surface area contributed by atoms with Crippen LogP contribution in [0.1, 0.15) is 18.9 Å². The number of hydrogen-bond acceptors (Lipinski definition) is 3. The maximum atomic E-state index is 5.92. The minimum atomic E-state index is 0.422. The van der Waals surface area contributed by atoms with E-state index in [1.54, 1.807) is 0 Å². The van der Waals surface area contributed by atoms with Crippen molar-refractivity contribution in [3.05, 3.63) is 29.8 Å². The van der Waals surface area contributed by atoms with Gasteiger partial charge in [-0.25, -0.2) is 0 Å². The van der Waals surface area contributed by atoms with E-state index in [-0.39, 0.29) is 0 Å². The molecule has 0 saturated heterocycles. The molecule has 0 aliphatic carbocycles. The standard InChI is InChI=1S/C12H17N3/c1-3-10-8-14-12(13)15(10)11-7-5-4-6-9(11)2/h4-7,10H,3,8H2,1-2H3,(H2,13,14). The van der Waals surface area contributed by atoms with E-state index < -0.39 is 0 Å². The van der Waals surface area contributed by atoms with Crippen LogP contribution in [0.25, 0.3) is 0 Å². The van der Waals surface area contributed by atoms with E-state index in [1.807, 2.05) is 12.1 Å². The largest absolute Gasteiger partial charge is 0.370 e. The van der Waals surface area contributed by atoms with Crippen molar-refractivity contribution in [1.82, 2.24) is 0 Å². The molecule has 80 valence electrons. The average Bonchev–Trinajstić information content (AvgIpc) is 2.60. The number of hydrogen-bond donors (Lipinski definition) is 1. The molecule has 15 heavy (non-hydrogen) atoms. The second kappa shape index (κ2) is 3.93. The molecule has 1 heterocycles. The summed E-state index contributed by atoms with van der Waals surface area (Å²) in [4.78, 5) is 6.46. The highest BCUT2D eigenvalue weighted by molar-refractivity contribution is 5.97. The summed E-state index contributed by atoms with van der Waals surface area (Å²) in [6, 6.07) is 8.72. The number of benzene rings is 1. The van der Waals surface area contributed by atoms with Gasteiger partial charge < -0.3 is 10.6 Å². The fraction of sp³-hybridized carbons (Fsp3) is 0.417. The number of aryl methyl sites for hydroxylation is 1. The lowest BCUT2D eigenvalue weighted by atomic mass is 10.1. The Morgan fingerprint density at radius 2 is 2.20 bits per heavy atom. The van der Waals surface area contributed by atoms with Gasteiger partial charge in [0.05, 0.1) is 12.6 Å². The van der Waals surface area contributed by atoms with Crippen LogP contribution in [0.3, 0.4) is 0 Å². The summed E-state index contributed by atoms with van der Waals surface area (Å²) in [6.45, 7) is 5.09. The van der Waals surface area contributed by atoms with Crippen molar-refractivity contribution >= 4 is 11.6 Å². The predicted octanol–water partition coefficient (Wildman–Crippen LogP) is 1.91. The first-order valence-corrected chi connectivity index (χ1v) is 5.38. The molecule has 0 bridgehead atoms. The van der Waals surface area contributed by atoms with Gasteiger partial charge in [-0.2, -0.15) is 0 Å². The van der Waals surface area contributed by atoms with Gasteiger partial charge in [0.1, 0.15) is 0 Å². The summed E-state index contributed by atoms with van der Waals surface area (Å²) in [7, 11) is 0. The fourth-order valence-electron chi connectivity index (χ4n) is 2.01. The summed E-state index contributed by atoms with van der Waals surface area (Å²) in [5, 5.41) is 0. The maximum absolute atomic E-state index is 5.92. The quantitative estimate of drug-likeness (QED) is 0.797. The zero-order chi connectivity index (χ0) is 10.8. The van der Waals surface area contributed by atoms with Gasteiger partial charge in [-0.15, -0.1) is 0 Å². The van der Waals surface area contributed by atoms with E-state index in [1.165, 1.54) is 11.3 Å². The normalized spacial score (nSPS) is 20.5. The Bertz CT molecular complexity index is 384. The molecular weight excluding hydrogens is 186 g/mol. The molecule has 1 unspecified atom stereocenters. The maximum Gasteiger partial charge on any atom is 0.196 e. The Morgan fingerprint density at radius 1 is 1.47 bits per heavy atom.